The fraction of sp³-hybridized carbons (Fsp3) is 0.182. The normalized spacial score (nSPS) is 13.8. The van der Waals surface area contributed by atoms with Crippen LogP contribution in [-0.2, 0) is 16.1 Å². The van der Waals surface area contributed by atoms with Crippen LogP contribution in [0.4, 0.5) is 5.69 Å². The Bertz CT molecular complexity index is 1060. The molecule has 3 aromatic rings. The SMILES string of the molecule is Cc1cc(C(=O)Nc2ccc(CN3C(=O)CCC3=O)cc2)nn1-c1ccccc1. The van der Waals surface area contributed by atoms with E-state index < -0.39 is 0 Å². The number of aromatic nitrogens is 2. The van der Waals surface area contributed by atoms with Gasteiger partial charge in [-0.15, -0.1) is 0 Å². The topological polar surface area (TPSA) is 84.3 Å². The van der Waals surface area contributed by atoms with Crippen molar-refractivity contribution in [3.05, 3.63) is 77.6 Å². The van der Waals surface area contributed by atoms with Crippen molar-refractivity contribution in [2.45, 2.75) is 26.3 Å². The summed E-state index contributed by atoms with van der Waals surface area (Å²) >= 11 is 0. The van der Waals surface area contributed by atoms with E-state index in [0.717, 1.165) is 16.9 Å². The number of amides is 3. The van der Waals surface area contributed by atoms with E-state index in [1.54, 1.807) is 35.0 Å². The Balaban J connectivity index is 1.44. The lowest BCUT2D eigenvalue weighted by atomic mass is 10.2. The molecular formula is C22H20N4O3. The minimum Gasteiger partial charge on any atom is -0.321 e. The van der Waals surface area contributed by atoms with E-state index in [1.165, 1.54) is 4.90 Å². The van der Waals surface area contributed by atoms with Crippen LogP contribution in [-0.4, -0.2) is 32.4 Å². The summed E-state index contributed by atoms with van der Waals surface area (Å²) in [6.45, 7) is 2.15. The van der Waals surface area contributed by atoms with Crippen LogP contribution in [0.15, 0.2) is 60.7 Å². The first kappa shape index (κ1) is 18.6. The van der Waals surface area contributed by atoms with Gasteiger partial charge in [0.15, 0.2) is 5.69 Å². The summed E-state index contributed by atoms with van der Waals surface area (Å²) in [7, 11) is 0. The zero-order valence-corrected chi connectivity index (χ0v) is 16.0. The average molecular weight is 388 g/mol. The number of likely N-dealkylation sites (tertiary alicyclic amines) is 1. The van der Waals surface area contributed by atoms with Crippen LogP contribution >= 0.6 is 0 Å². The molecule has 2 heterocycles. The predicted octanol–water partition coefficient (Wildman–Crippen LogP) is 3.08. The van der Waals surface area contributed by atoms with Crippen molar-refractivity contribution < 1.29 is 14.4 Å². The minimum atomic E-state index is -0.305. The summed E-state index contributed by atoms with van der Waals surface area (Å²) in [5, 5.41) is 7.23. The van der Waals surface area contributed by atoms with E-state index in [0.29, 0.717) is 11.4 Å². The lowest BCUT2D eigenvalue weighted by molar-refractivity contribution is -0.139. The van der Waals surface area contributed by atoms with Crippen molar-refractivity contribution in [2.24, 2.45) is 0 Å². The molecule has 0 spiro atoms. The number of anilines is 1. The summed E-state index contributed by atoms with van der Waals surface area (Å²) in [6.07, 6.45) is 0.560. The van der Waals surface area contributed by atoms with Crippen LogP contribution in [0, 0.1) is 6.92 Å². The van der Waals surface area contributed by atoms with Crippen molar-refractivity contribution in [1.29, 1.82) is 0 Å². The third kappa shape index (κ3) is 3.94. The van der Waals surface area contributed by atoms with Crippen molar-refractivity contribution in [2.75, 3.05) is 5.32 Å². The average Bonchev–Trinajstić information content (AvgIpc) is 3.27. The first-order valence-corrected chi connectivity index (χ1v) is 9.37. The highest BCUT2D eigenvalue weighted by Crippen LogP contribution is 2.18. The maximum atomic E-state index is 12.6. The molecule has 0 unspecified atom stereocenters. The predicted molar refractivity (Wildman–Crippen MR) is 107 cm³/mol. The molecule has 1 aromatic heterocycles. The zero-order valence-electron chi connectivity index (χ0n) is 16.0. The first-order valence-electron chi connectivity index (χ1n) is 9.37. The number of para-hydroxylation sites is 1. The zero-order chi connectivity index (χ0) is 20.4. The van der Waals surface area contributed by atoms with Gasteiger partial charge in [0.2, 0.25) is 11.8 Å². The quantitative estimate of drug-likeness (QED) is 0.681. The van der Waals surface area contributed by atoms with Crippen LogP contribution in [0.3, 0.4) is 0 Å². The van der Waals surface area contributed by atoms with Gasteiger partial charge in [0, 0.05) is 24.2 Å². The van der Waals surface area contributed by atoms with Crippen molar-refractivity contribution in [3.8, 4) is 5.69 Å². The Morgan fingerprint density at radius 2 is 1.66 bits per heavy atom. The van der Waals surface area contributed by atoms with Crippen LogP contribution in [0.5, 0.6) is 0 Å². The molecule has 146 valence electrons. The van der Waals surface area contributed by atoms with Gasteiger partial charge in [-0.2, -0.15) is 5.10 Å². The summed E-state index contributed by atoms with van der Waals surface area (Å²) in [5.41, 5.74) is 3.51. The summed E-state index contributed by atoms with van der Waals surface area (Å²) in [5.74, 6) is -0.589. The van der Waals surface area contributed by atoms with E-state index in [2.05, 4.69) is 10.4 Å². The molecule has 0 atom stereocenters. The van der Waals surface area contributed by atoms with Gasteiger partial charge < -0.3 is 5.32 Å². The number of imide groups is 1. The third-order valence-corrected chi connectivity index (χ3v) is 4.83. The number of carbonyl (C=O) groups is 3. The number of rotatable bonds is 5. The Morgan fingerprint density at radius 1 is 1.00 bits per heavy atom. The number of nitrogens with one attached hydrogen (secondary N) is 1. The number of nitrogens with zero attached hydrogens (tertiary/aromatic N) is 3. The summed E-state index contributed by atoms with van der Waals surface area (Å²) in [4.78, 5) is 37.3. The van der Waals surface area contributed by atoms with Gasteiger partial charge in [0.05, 0.1) is 12.2 Å². The lowest BCUT2D eigenvalue weighted by Gasteiger charge is -2.14. The van der Waals surface area contributed by atoms with E-state index in [4.69, 9.17) is 0 Å². The maximum absolute atomic E-state index is 12.6. The second kappa shape index (κ2) is 7.71. The Labute approximate surface area is 167 Å². The molecule has 1 aliphatic rings. The molecule has 3 amide bonds. The van der Waals surface area contributed by atoms with Gasteiger partial charge in [-0.25, -0.2) is 4.68 Å². The highest BCUT2D eigenvalue weighted by Gasteiger charge is 2.28. The first-order chi connectivity index (χ1) is 14.0. The van der Waals surface area contributed by atoms with Crippen LogP contribution in [0.25, 0.3) is 5.69 Å². The third-order valence-electron chi connectivity index (χ3n) is 4.83. The van der Waals surface area contributed by atoms with Crippen LogP contribution in [0.2, 0.25) is 0 Å². The molecule has 29 heavy (non-hydrogen) atoms. The molecule has 7 heteroatoms. The molecule has 7 nitrogen and oxygen atoms in total. The molecule has 1 saturated heterocycles. The van der Waals surface area contributed by atoms with E-state index in [-0.39, 0.29) is 37.1 Å². The molecular weight excluding hydrogens is 368 g/mol. The van der Waals surface area contributed by atoms with Gasteiger partial charge in [0.25, 0.3) is 5.91 Å². The monoisotopic (exact) mass is 388 g/mol. The standard InChI is InChI=1S/C22H20N4O3/c1-15-13-19(24-26(15)18-5-3-2-4-6-18)22(29)23-17-9-7-16(8-10-17)14-25-20(27)11-12-21(25)28/h2-10,13H,11-12,14H2,1H3,(H,23,29). The molecule has 1 aliphatic heterocycles. The van der Waals surface area contributed by atoms with Gasteiger partial charge in [-0.3, -0.25) is 19.3 Å². The number of benzene rings is 2. The van der Waals surface area contributed by atoms with Crippen LogP contribution in [0.1, 0.15) is 34.6 Å². The highest BCUT2D eigenvalue weighted by molar-refractivity contribution is 6.03. The maximum Gasteiger partial charge on any atom is 0.276 e. The van der Waals surface area contributed by atoms with Crippen molar-refractivity contribution >= 4 is 23.4 Å². The van der Waals surface area contributed by atoms with Crippen molar-refractivity contribution in [3.63, 3.8) is 0 Å². The largest absolute Gasteiger partial charge is 0.321 e. The highest BCUT2D eigenvalue weighted by atomic mass is 16.2. The van der Waals surface area contributed by atoms with Gasteiger partial charge in [0.1, 0.15) is 0 Å². The minimum absolute atomic E-state index is 0.142. The summed E-state index contributed by atoms with van der Waals surface area (Å²) in [6, 6.07) is 18.4. The molecule has 4 rings (SSSR count). The van der Waals surface area contributed by atoms with Crippen molar-refractivity contribution in [1.82, 2.24) is 14.7 Å². The Hall–Kier alpha value is -3.74. The van der Waals surface area contributed by atoms with E-state index in [1.807, 2.05) is 37.3 Å². The lowest BCUT2D eigenvalue weighted by Crippen LogP contribution is -2.28. The summed E-state index contributed by atoms with van der Waals surface area (Å²) < 4.78 is 1.72. The molecule has 2 aromatic carbocycles. The fourth-order valence-electron chi connectivity index (χ4n) is 3.29. The second-order valence-corrected chi connectivity index (χ2v) is 6.94. The van der Waals surface area contributed by atoms with E-state index >= 15 is 0 Å². The fourth-order valence-corrected chi connectivity index (χ4v) is 3.29. The second-order valence-electron chi connectivity index (χ2n) is 6.94. The van der Waals surface area contributed by atoms with E-state index in [9.17, 15) is 14.4 Å². The number of aryl methyl sites for hydroxylation is 1. The smallest absolute Gasteiger partial charge is 0.276 e. The number of hydrogen-bond acceptors (Lipinski definition) is 4. The number of hydrogen-bond donors (Lipinski definition) is 1. The number of carbonyl (C=O) groups excluding carboxylic acids is 3. The Kier molecular flexibility index (Phi) is 4.95. The van der Waals surface area contributed by atoms with Crippen LogP contribution < -0.4 is 5.32 Å². The molecule has 1 N–H and O–H groups in total. The molecule has 0 saturated carbocycles. The molecule has 0 aliphatic carbocycles. The van der Waals surface area contributed by atoms with Gasteiger partial charge >= 0.3 is 0 Å². The molecule has 0 bridgehead atoms. The van der Waals surface area contributed by atoms with Gasteiger partial charge in [-0.05, 0) is 42.8 Å². The molecule has 1 fully saturated rings. The van der Waals surface area contributed by atoms with Gasteiger partial charge in [-0.1, -0.05) is 30.3 Å². The molecule has 0 radical (unpaired) electrons. The Morgan fingerprint density at radius 3 is 2.31 bits per heavy atom.